The van der Waals surface area contributed by atoms with Gasteiger partial charge in [-0.25, -0.2) is 4.39 Å². The van der Waals surface area contributed by atoms with Crippen molar-refractivity contribution in [3.05, 3.63) is 59.4 Å². The van der Waals surface area contributed by atoms with Crippen molar-refractivity contribution in [2.45, 2.75) is 0 Å². The maximum atomic E-state index is 13.1. The summed E-state index contributed by atoms with van der Waals surface area (Å²) in [5.41, 5.74) is 8.80. The number of carbonyl (C=O) groups excluding carboxylic acids is 2. The Kier molecular flexibility index (Phi) is 5.85. The normalized spacial score (nSPS) is 17.2. The lowest BCUT2D eigenvalue weighted by Crippen LogP contribution is -2.49. The molecule has 30 heavy (non-hydrogen) atoms. The van der Waals surface area contributed by atoms with Crippen LogP contribution in [0.1, 0.15) is 20.7 Å². The molecule has 2 aliphatic rings. The van der Waals surface area contributed by atoms with Crippen molar-refractivity contribution in [2.75, 3.05) is 63.0 Å². The molecule has 2 heterocycles. The predicted molar refractivity (Wildman–Crippen MR) is 114 cm³/mol. The van der Waals surface area contributed by atoms with Gasteiger partial charge in [0.25, 0.3) is 11.8 Å². The molecule has 2 aliphatic heterocycles. The fourth-order valence-corrected chi connectivity index (χ4v) is 3.95. The van der Waals surface area contributed by atoms with E-state index in [1.54, 1.807) is 11.0 Å². The number of amides is 2. The Balaban J connectivity index is 1.39. The molecule has 8 heteroatoms. The number of nitrogens with one attached hydrogen (secondary N) is 1. The second-order valence-corrected chi connectivity index (χ2v) is 7.60. The Morgan fingerprint density at radius 3 is 2.00 bits per heavy atom. The largest absolute Gasteiger partial charge is 0.397 e. The first kappa shape index (κ1) is 20.2. The molecule has 0 spiro atoms. The van der Waals surface area contributed by atoms with Crippen molar-refractivity contribution < 1.29 is 14.0 Å². The molecule has 3 N–H and O–H groups in total. The highest BCUT2D eigenvalue weighted by molar-refractivity contribution is 5.96. The van der Waals surface area contributed by atoms with Crippen LogP contribution in [-0.2, 0) is 0 Å². The minimum Gasteiger partial charge on any atom is -0.397 e. The van der Waals surface area contributed by atoms with Gasteiger partial charge in [0.2, 0.25) is 0 Å². The van der Waals surface area contributed by atoms with E-state index in [1.165, 1.54) is 24.3 Å². The summed E-state index contributed by atoms with van der Waals surface area (Å²) >= 11 is 0. The molecule has 0 atom stereocenters. The van der Waals surface area contributed by atoms with Crippen LogP contribution in [-0.4, -0.2) is 74.0 Å². The van der Waals surface area contributed by atoms with Gasteiger partial charge in [0.1, 0.15) is 5.82 Å². The van der Waals surface area contributed by atoms with Crippen LogP contribution in [0.15, 0.2) is 42.5 Å². The molecule has 2 aromatic carbocycles. The number of nitrogens with zero attached hydrogens (tertiary/aromatic N) is 3. The van der Waals surface area contributed by atoms with Gasteiger partial charge in [0.15, 0.2) is 0 Å². The number of rotatable bonds is 3. The molecule has 2 amide bonds. The highest BCUT2D eigenvalue weighted by atomic mass is 19.1. The van der Waals surface area contributed by atoms with Gasteiger partial charge >= 0.3 is 0 Å². The zero-order chi connectivity index (χ0) is 21.1. The van der Waals surface area contributed by atoms with E-state index in [-0.39, 0.29) is 17.6 Å². The van der Waals surface area contributed by atoms with Crippen molar-refractivity contribution >= 4 is 23.2 Å². The standard InChI is InChI=1S/C22H26FN5O2/c23-18-4-1-16(2-5-18)21(29)28-13-11-26(12-14-28)20-6-3-17(15-19(20)24)22(30)27-9-7-25-8-10-27/h1-6,15,25H,7-14,24H2. The maximum absolute atomic E-state index is 13.1. The lowest BCUT2D eigenvalue weighted by Gasteiger charge is -2.36. The topological polar surface area (TPSA) is 81.9 Å². The minimum atomic E-state index is -0.356. The zero-order valence-electron chi connectivity index (χ0n) is 16.8. The van der Waals surface area contributed by atoms with Gasteiger partial charge < -0.3 is 25.8 Å². The van der Waals surface area contributed by atoms with Gasteiger partial charge in [0, 0.05) is 63.5 Å². The van der Waals surface area contributed by atoms with E-state index >= 15 is 0 Å². The molecular weight excluding hydrogens is 385 g/mol. The summed E-state index contributed by atoms with van der Waals surface area (Å²) in [5.74, 6) is -0.449. The molecule has 0 unspecified atom stereocenters. The van der Waals surface area contributed by atoms with E-state index in [9.17, 15) is 14.0 Å². The van der Waals surface area contributed by atoms with Gasteiger partial charge in [-0.15, -0.1) is 0 Å². The van der Waals surface area contributed by atoms with Crippen LogP contribution in [0.2, 0.25) is 0 Å². The van der Waals surface area contributed by atoms with Crippen molar-refractivity contribution in [3.63, 3.8) is 0 Å². The summed E-state index contributed by atoms with van der Waals surface area (Å²) in [6.07, 6.45) is 0. The number of carbonyl (C=O) groups is 2. The van der Waals surface area contributed by atoms with Crippen LogP contribution < -0.4 is 16.0 Å². The van der Waals surface area contributed by atoms with Crippen LogP contribution in [0.4, 0.5) is 15.8 Å². The average Bonchev–Trinajstić information content (AvgIpc) is 2.79. The van der Waals surface area contributed by atoms with Gasteiger partial charge in [-0.3, -0.25) is 9.59 Å². The monoisotopic (exact) mass is 411 g/mol. The molecule has 0 aliphatic carbocycles. The summed E-state index contributed by atoms with van der Waals surface area (Å²) in [5, 5.41) is 3.24. The van der Waals surface area contributed by atoms with Crippen LogP contribution in [0.5, 0.6) is 0 Å². The fourth-order valence-electron chi connectivity index (χ4n) is 3.95. The molecule has 4 rings (SSSR count). The third kappa shape index (κ3) is 4.23. The van der Waals surface area contributed by atoms with E-state index in [2.05, 4.69) is 10.2 Å². The van der Waals surface area contributed by atoms with Crippen molar-refractivity contribution in [1.82, 2.24) is 15.1 Å². The molecule has 0 saturated carbocycles. The van der Waals surface area contributed by atoms with E-state index in [4.69, 9.17) is 5.73 Å². The molecule has 2 saturated heterocycles. The van der Waals surface area contributed by atoms with Crippen LogP contribution in [0.25, 0.3) is 0 Å². The minimum absolute atomic E-state index is 0.00413. The predicted octanol–water partition coefficient (Wildman–Crippen LogP) is 1.42. The number of nitrogen functional groups attached to an aromatic ring is 1. The van der Waals surface area contributed by atoms with Crippen LogP contribution >= 0.6 is 0 Å². The molecule has 158 valence electrons. The third-order valence-corrected chi connectivity index (χ3v) is 5.68. The maximum Gasteiger partial charge on any atom is 0.254 e. The lowest BCUT2D eigenvalue weighted by atomic mass is 10.1. The number of hydrogen-bond donors (Lipinski definition) is 2. The van der Waals surface area contributed by atoms with Gasteiger partial charge in [-0.05, 0) is 42.5 Å². The van der Waals surface area contributed by atoms with Crippen LogP contribution in [0.3, 0.4) is 0 Å². The zero-order valence-corrected chi connectivity index (χ0v) is 16.8. The molecule has 0 radical (unpaired) electrons. The SMILES string of the molecule is Nc1cc(C(=O)N2CCNCC2)ccc1N1CCN(C(=O)c2ccc(F)cc2)CC1. The van der Waals surface area contributed by atoms with Gasteiger partial charge in [0.05, 0.1) is 11.4 Å². The Morgan fingerprint density at radius 1 is 0.800 bits per heavy atom. The Morgan fingerprint density at radius 2 is 1.37 bits per heavy atom. The second-order valence-electron chi connectivity index (χ2n) is 7.60. The quantitative estimate of drug-likeness (QED) is 0.747. The fraction of sp³-hybridized carbons (Fsp3) is 0.364. The van der Waals surface area contributed by atoms with Crippen molar-refractivity contribution in [3.8, 4) is 0 Å². The van der Waals surface area contributed by atoms with Crippen LogP contribution in [0, 0.1) is 5.82 Å². The number of anilines is 2. The number of piperazine rings is 2. The molecule has 2 fully saturated rings. The van der Waals surface area contributed by atoms with E-state index in [0.29, 0.717) is 56.1 Å². The number of hydrogen-bond acceptors (Lipinski definition) is 5. The molecule has 7 nitrogen and oxygen atoms in total. The number of halogens is 1. The summed E-state index contributed by atoms with van der Waals surface area (Å²) in [6.45, 7) is 5.40. The lowest BCUT2D eigenvalue weighted by molar-refractivity contribution is 0.0731. The van der Waals surface area contributed by atoms with Gasteiger partial charge in [-0.1, -0.05) is 0 Å². The van der Waals surface area contributed by atoms with Gasteiger partial charge in [-0.2, -0.15) is 0 Å². The molecular formula is C22H26FN5O2. The van der Waals surface area contributed by atoms with E-state index < -0.39 is 0 Å². The summed E-state index contributed by atoms with van der Waals surface area (Å²) in [4.78, 5) is 31.0. The first-order valence-electron chi connectivity index (χ1n) is 10.2. The van der Waals surface area contributed by atoms with Crippen molar-refractivity contribution in [1.29, 1.82) is 0 Å². The average molecular weight is 411 g/mol. The molecule has 2 aromatic rings. The highest BCUT2D eigenvalue weighted by Crippen LogP contribution is 2.26. The first-order valence-corrected chi connectivity index (χ1v) is 10.2. The van der Waals surface area contributed by atoms with Crippen molar-refractivity contribution in [2.24, 2.45) is 0 Å². The smallest absolute Gasteiger partial charge is 0.254 e. The summed E-state index contributed by atoms with van der Waals surface area (Å²) in [6, 6.07) is 11.1. The Labute approximate surface area is 175 Å². The molecule has 0 bridgehead atoms. The van der Waals surface area contributed by atoms with E-state index in [1.807, 2.05) is 17.0 Å². The highest BCUT2D eigenvalue weighted by Gasteiger charge is 2.24. The third-order valence-electron chi connectivity index (χ3n) is 5.68. The van der Waals surface area contributed by atoms with E-state index in [0.717, 1.165) is 18.8 Å². The summed E-state index contributed by atoms with van der Waals surface area (Å²) < 4.78 is 13.1. The number of benzene rings is 2. The molecule has 0 aromatic heterocycles. The first-order chi connectivity index (χ1) is 14.5. The summed E-state index contributed by atoms with van der Waals surface area (Å²) in [7, 11) is 0. The number of nitrogens with two attached hydrogens (primary N) is 1. The Bertz CT molecular complexity index is 920. The second kappa shape index (κ2) is 8.71. The Hall–Kier alpha value is -3.13.